The first kappa shape index (κ1) is 12.1. The van der Waals surface area contributed by atoms with Crippen molar-refractivity contribution in [3.63, 3.8) is 0 Å². The van der Waals surface area contributed by atoms with E-state index in [4.69, 9.17) is 4.74 Å². The number of benzene rings is 2. The fourth-order valence-corrected chi connectivity index (χ4v) is 1.68. The summed E-state index contributed by atoms with van der Waals surface area (Å²) in [6.45, 7) is 1.39. The molecule has 2 rings (SSSR count). The van der Waals surface area contributed by atoms with Gasteiger partial charge in [0.05, 0.1) is 0 Å². The molecular weight excluding hydrogens is 224 g/mol. The topological polar surface area (TPSA) is 26.3 Å². The van der Waals surface area contributed by atoms with Crippen LogP contribution in [0.3, 0.4) is 0 Å². The number of carbonyl (C=O) groups excluding carboxylic acids is 1. The SMILES string of the molecule is CC(=O)OC=C(c1ccccc1)c1ccccc1. The summed E-state index contributed by atoms with van der Waals surface area (Å²) in [6.07, 6.45) is 1.51. The van der Waals surface area contributed by atoms with Gasteiger partial charge in [0.2, 0.25) is 0 Å². The first-order valence-electron chi connectivity index (χ1n) is 5.75. The standard InChI is InChI=1S/C16H14O2/c1-13(17)18-12-16(14-8-4-2-5-9-14)15-10-6-3-7-11-15/h2-12H,1H3. The van der Waals surface area contributed by atoms with Crippen molar-refractivity contribution >= 4 is 11.5 Å². The smallest absolute Gasteiger partial charge is 0.307 e. The molecule has 0 bridgehead atoms. The van der Waals surface area contributed by atoms with Gasteiger partial charge < -0.3 is 4.74 Å². The number of carbonyl (C=O) groups is 1. The van der Waals surface area contributed by atoms with Crippen molar-refractivity contribution in [2.75, 3.05) is 0 Å². The lowest BCUT2D eigenvalue weighted by atomic mass is 9.99. The lowest BCUT2D eigenvalue weighted by molar-refractivity contribution is -0.135. The number of hydrogen-bond donors (Lipinski definition) is 0. The molecule has 2 aromatic carbocycles. The molecule has 0 N–H and O–H groups in total. The van der Waals surface area contributed by atoms with Crippen molar-refractivity contribution in [2.24, 2.45) is 0 Å². The Morgan fingerprint density at radius 1 is 0.889 bits per heavy atom. The van der Waals surface area contributed by atoms with Crippen LogP contribution in [0.1, 0.15) is 18.1 Å². The number of hydrogen-bond acceptors (Lipinski definition) is 2. The van der Waals surface area contributed by atoms with Crippen molar-refractivity contribution < 1.29 is 9.53 Å². The van der Waals surface area contributed by atoms with Gasteiger partial charge in [-0.1, -0.05) is 60.7 Å². The van der Waals surface area contributed by atoms with Gasteiger partial charge in [-0.2, -0.15) is 0 Å². The molecule has 0 aliphatic carbocycles. The van der Waals surface area contributed by atoms with Crippen LogP contribution in [-0.4, -0.2) is 5.97 Å². The first-order chi connectivity index (χ1) is 8.77. The zero-order valence-electron chi connectivity index (χ0n) is 10.2. The maximum Gasteiger partial charge on any atom is 0.307 e. The van der Waals surface area contributed by atoms with Gasteiger partial charge in [0, 0.05) is 12.5 Å². The third-order valence-corrected chi connectivity index (χ3v) is 2.51. The van der Waals surface area contributed by atoms with Crippen molar-refractivity contribution in [1.82, 2.24) is 0 Å². The van der Waals surface area contributed by atoms with Crippen molar-refractivity contribution in [3.05, 3.63) is 78.1 Å². The Balaban J connectivity index is 2.42. The Morgan fingerprint density at radius 3 is 1.72 bits per heavy atom. The van der Waals surface area contributed by atoms with Crippen LogP contribution in [0.4, 0.5) is 0 Å². The van der Waals surface area contributed by atoms with Crippen LogP contribution < -0.4 is 0 Å². The van der Waals surface area contributed by atoms with Crippen LogP contribution in [0.25, 0.3) is 5.57 Å². The summed E-state index contributed by atoms with van der Waals surface area (Å²) in [5.41, 5.74) is 2.93. The Bertz CT molecular complexity index is 500. The Kier molecular flexibility index (Phi) is 3.92. The van der Waals surface area contributed by atoms with Gasteiger partial charge in [-0.25, -0.2) is 0 Å². The fraction of sp³-hybridized carbons (Fsp3) is 0.0625. The predicted molar refractivity (Wildman–Crippen MR) is 71.7 cm³/mol. The molecule has 2 aromatic rings. The van der Waals surface area contributed by atoms with Crippen molar-refractivity contribution in [2.45, 2.75) is 6.92 Å². The highest BCUT2D eigenvalue weighted by Gasteiger charge is 2.05. The number of rotatable bonds is 3. The van der Waals surface area contributed by atoms with E-state index >= 15 is 0 Å². The summed E-state index contributed by atoms with van der Waals surface area (Å²) in [4.78, 5) is 10.9. The van der Waals surface area contributed by atoms with Gasteiger partial charge in [-0.3, -0.25) is 4.79 Å². The summed E-state index contributed by atoms with van der Waals surface area (Å²) >= 11 is 0. The molecule has 2 nitrogen and oxygen atoms in total. The molecule has 0 radical (unpaired) electrons. The molecule has 2 heteroatoms. The third-order valence-electron chi connectivity index (χ3n) is 2.51. The van der Waals surface area contributed by atoms with Gasteiger partial charge in [0.25, 0.3) is 0 Å². The van der Waals surface area contributed by atoms with Crippen molar-refractivity contribution in [3.8, 4) is 0 Å². The molecule has 0 aliphatic heterocycles. The van der Waals surface area contributed by atoms with Crippen LogP contribution in [0.5, 0.6) is 0 Å². The first-order valence-corrected chi connectivity index (χ1v) is 5.75. The maximum atomic E-state index is 10.9. The predicted octanol–water partition coefficient (Wildman–Crippen LogP) is 3.64. The monoisotopic (exact) mass is 238 g/mol. The maximum absolute atomic E-state index is 10.9. The van der Waals surface area contributed by atoms with E-state index in [-0.39, 0.29) is 5.97 Å². The molecule has 0 aromatic heterocycles. The van der Waals surface area contributed by atoms with E-state index < -0.39 is 0 Å². The van der Waals surface area contributed by atoms with Gasteiger partial charge in [-0.05, 0) is 11.1 Å². The van der Waals surface area contributed by atoms with Crippen LogP contribution in [-0.2, 0) is 9.53 Å². The Labute approximate surface area is 107 Å². The minimum absolute atomic E-state index is 0.320. The average Bonchev–Trinajstić information content (AvgIpc) is 2.41. The molecule has 90 valence electrons. The lowest BCUT2D eigenvalue weighted by Crippen LogP contribution is -1.94. The zero-order chi connectivity index (χ0) is 12.8. The van der Waals surface area contributed by atoms with Crippen LogP contribution in [0.15, 0.2) is 66.9 Å². The Hall–Kier alpha value is -2.35. The van der Waals surface area contributed by atoms with E-state index in [2.05, 4.69) is 0 Å². The molecule has 0 saturated carbocycles. The second-order valence-electron chi connectivity index (χ2n) is 3.87. The Morgan fingerprint density at radius 2 is 1.33 bits per heavy atom. The van der Waals surface area contributed by atoms with E-state index in [0.29, 0.717) is 0 Å². The molecule has 0 unspecified atom stereocenters. The van der Waals surface area contributed by atoms with Gasteiger partial charge in [0.15, 0.2) is 0 Å². The molecule has 0 heterocycles. The lowest BCUT2D eigenvalue weighted by Gasteiger charge is -2.07. The molecule has 0 saturated heterocycles. The fourth-order valence-electron chi connectivity index (χ4n) is 1.68. The highest BCUT2D eigenvalue weighted by molar-refractivity contribution is 5.80. The number of esters is 1. The van der Waals surface area contributed by atoms with Crippen LogP contribution in [0, 0.1) is 0 Å². The summed E-state index contributed by atoms with van der Waals surface area (Å²) in [5, 5.41) is 0. The minimum atomic E-state index is -0.320. The van der Waals surface area contributed by atoms with E-state index in [1.54, 1.807) is 0 Å². The molecule has 0 aliphatic rings. The van der Waals surface area contributed by atoms with E-state index in [1.807, 2.05) is 60.7 Å². The quantitative estimate of drug-likeness (QED) is 0.602. The molecule has 18 heavy (non-hydrogen) atoms. The van der Waals surface area contributed by atoms with Crippen LogP contribution in [0.2, 0.25) is 0 Å². The molecule has 0 atom stereocenters. The van der Waals surface area contributed by atoms with E-state index in [9.17, 15) is 4.79 Å². The van der Waals surface area contributed by atoms with Gasteiger partial charge in [0.1, 0.15) is 6.26 Å². The van der Waals surface area contributed by atoms with Gasteiger partial charge >= 0.3 is 5.97 Å². The largest absolute Gasteiger partial charge is 0.434 e. The van der Waals surface area contributed by atoms with E-state index in [0.717, 1.165) is 16.7 Å². The number of ether oxygens (including phenoxy) is 1. The summed E-state index contributed by atoms with van der Waals surface area (Å²) in [7, 11) is 0. The third kappa shape index (κ3) is 3.08. The normalized spacial score (nSPS) is 9.61. The zero-order valence-corrected chi connectivity index (χ0v) is 10.2. The van der Waals surface area contributed by atoms with Crippen molar-refractivity contribution in [1.29, 1.82) is 0 Å². The summed E-state index contributed by atoms with van der Waals surface area (Å²) in [5.74, 6) is -0.320. The molecular formula is C16H14O2. The van der Waals surface area contributed by atoms with Gasteiger partial charge in [-0.15, -0.1) is 0 Å². The average molecular weight is 238 g/mol. The minimum Gasteiger partial charge on any atom is -0.434 e. The molecule has 0 spiro atoms. The molecule has 0 fully saturated rings. The van der Waals surface area contributed by atoms with Crippen LogP contribution >= 0.6 is 0 Å². The highest BCUT2D eigenvalue weighted by atomic mass is 16.5. The second-order valence-corrected chi connectivity index (χ2v) is 3.87. The summed E-state index contributed by atoms with van der Waals surface area (Å²) in [6, 6.07) is 19.7. The second kappa shape index (κ2) is 5.82. The molecule has 0 amide bonds. The summed E-state index contributed by atoms with van der Waals surface area (Å²) < 4.78 is 5.01. The van der Waals surface area contributed by atoms with E-state index in [1.165, 1.54) is 13.2 Å². The highest BCUT2D eigenvalue weighted by Crippen LogP contribution is 2.22.